The van der Waals surface area contributed by atoms with Crippen LogP contribution >= 0.6 is 0 Å². The van der Waals surface area contributed by atoms with Gasteiger partial charge in [-0.1, -0.05) is 0 Å². The number of carbonyl (C=O) groups is 1. The molecule has 1 fully saturated rings. The zero-order valence-corrected chi connectivity index (χ0v) is 9.54. The molecule has 0 aromatic rings. The van der Waals surface area contributed by atoms with Gasteiger partial charge in [0.2, 0.25) is 0 Å². The third-order valence-electron chi connectivity index (χ3n) is 2.16. The molecular formula is C10H20N2O3. The van der Waals surface area contributed by atoms with Crippen LogP contribution in [-0.4, -0.2) is 42.0 Å². The van der Waals surface area contributed by atoms with Gasteiger partial charge in [-0.2, -0.15) is 0 Å². The molecule has 3 N–H and O–H groups in total. The molecule has 0 bridgehead atoms. The van der Waals surface area contributed by atoms with Crippen molar-refractivity contribution in [1.29, 1.82) is 0 Å². The third-order valence-corrected chi connectivity index (χ3v) is 2.16. The summed E-state index contributed by atoms with van der Waals surface area (Å²) >= 11 is 0. The van der Waals surface area contributed by atoms with Crippen molar-refractivity contribution in [2.24, 2.45) is 0 Å². The van der Waals surface area contributed by atoms with E-state index in [9.17, 15) is 4.79 Å². The molecule has 1 amide bonds. The monoisotopic (exact) mass is 216 g/mol. The largest absolute Gasteiger partial charge is 0.444 e. The van der Waals surface area contributed by atoms with Crippen LogP contribution in [0.5, 0.6) is 0 Å². The Hall–Kier alpha value is -0.810. The molecule has 15 heavy (non-hydrogen) atoms. The van der Waals surface area contributed by atoms with Gasteiger partial charge in [0.1, 0.15) is 5.60 Å². The molecule has 2 atom stereocenters. The smallest absolute Gasteiger partial charge is 0.407 e. The quantitative estimate of drug-likeness (QED) is 0.618. The van der Waals surface area contributed by atoms with Crippen LogP contribution in [0.2, 0.25) is 0 Å². The highest BCUT2D eigenvalue weighted by molar-refractivity contribution is 5.68. The number of aliphatic hydroxyl groups excluding tert-OH is 1. The Balaban J connectivity index is 2.28. The number of amides is 1. The Bertz CT molecular complexity index is 225. The maximum absolute atomic E-state index is 11.4. The predicted octanol–water partition coefficient (Wildman–Crippen LogP) is 0.234. The number of nitrogens with one attached hydrogen (secondary N) is 2. The summed E-state index contributed by atoms with van der Waals surface area (Å²) in [5.74, 6) is 0. The average molecular weight is 216 g/mol. The van der Waals surface area contributed by atoms with E-state index in [0.717, 1.165) is 6.42 Å². The van der Waals surface area contributed by atoms with Crippen LogP contribution in [-0.2, 0) is 4.74 Å². The van der Waals surface area contributed by atoms with Crippen LogP contribution in [0.1, 0.15) is 27.2 Å². The van der Waals surface area contributed by atoms with E-state index >= 15 is 0 Å². The summed E-state index contributed by atoms with van der Waals surface area (Å²) in [6.07, 6.45) is 0.350. The molecule has 0 aliphatic carbocycles. The van der Waals surface area contributed by atoms with Gasteiger partial charge in [0, 0.05) is 18.6 Å². The molecule has 88 valence electrons. The standard InChI is InChI=1S/C10H20N2O3/c1-10(2,3)15-9(14)12-7-4-8(6-13)11-5-7/h7-8,11,13H,4-6H2,1-3H3,(H,12,14). The molecule has 0 aromatic heterocycles. The number of aliphatic hydroxyl groups is 1. The van der Waals surface area contributed by atoms with Crippen molar-refractivity contribution in [1.82, 2.24) is 10.6 Å². The van der Waals surface area contributed by atoms with Crippen LogP contribution < -0.4 is 10.6 Å². The zero-order chi connectivity index (χ0) is 11.5. The summed E-state index contributed by atoms with van der Waals surface area (Å²) in [5, 5.41) is 14.8. The molecule has 0 spiro atoms. The van der Waals surface area contributed by atoms with E-state index in [2.05, 4.69) is 10.6 Å². The van der Waals surface area contributed by atoms with E-state index in [-0.39, 0.29) is 18.7 Å². The molecule has 0 radical (unpaired) electrons. The SMILES string of the molecule is CC(C)(C)OC(=O)NC1CNC(CO)C1. The molecule has 1 aliphatic heterocycles. The van der Waals surface area contributed by atoms with Gasteiger partial charge in [-0.3, -0.25) is 0 Å². The van der Waals surface area contributed by atoms with Crippen molar-refractivity contribution in [2.75, 3.05) is 13.2 Å². The van der Waals surface area contributed by atoms with Crippen LogP contribution in [0.3, 0.4) is 0 Å². The maximum Gasteiger partial charge on any atom is 0.407 e. The summed E-state index contributed by atoms with van der Waals surface area (Å²) in [6, 6.07) is 0.141. The van der Waals surface area contributed by atoms with Gasteiger partial charge in [0.15, 0.2) is 0 Å². The first-order valence-electron chi connectivity index (χ1n) is 5.24. The second-order valence-corrected chi connectivity index (χ2v) is 4.87. The first-order chi connectivity index (χ1) is 6.90. The van der Waals surface area contributed by atoms with Gasteiger partial charge >= 0.3 is 6.09 Å². The molecule has 1 aliphatic rings. The normalized spacial score (nSPS) is 26.4. The van der Waals surface area contributed by atoms with Crippen LogP contribution in [0, 0.1) is 0 Å². The summed E-state index contributed by atoms with van der Waals surface area (Å²) in [5.41, 5.74) is -0.466. The summed E-state index contributed by atoms with van der Waals surface area (Å²) in [6.45, 7) is 6.28. The minimum absolute atomic E-state index is 0.0528. The summed E-state index contributed by atoms with van der Waals surface area (Å²) in [7, 11) is 0. The van der Waals surface area contributed by atoms with Crippen molar-refractivity contribution < 1.29 is 14.6 Å². The van der Waals surface area contributed by atoms with Crippen LogP contribution in [0.25, 0.3) is 0 Å². The molecule has 5 nitrogen and oxygen atoms in total. The Morgan fingerprint density at radius 3 is 2.73 bits per heavy atom. The molecular weight excluding hydrogens is 196 g/mol. The van der Waals surface area contributed by atoms with Gasteiger partial charge < -0.3 is 20.5 Å². The Kier molecular flexibility index (Phi) is 3.93. The van der Waals surface area contributed by atoms with Gasteiger partial charge in [-0.05, 0) is 27.2 Å². The Labute approximate surface area is 90.2 Å². The third kappa shape index (κ3) is 4.48. The lowest BCUT2D eigenvalue weighted by Gasteiger charge is -2.21. The highest BCUT2D eigenvalue weighted by Crippen LogP contribution is 2.09. The lowest BCUT2D eigenvalue weighted by atomic mass is 10.2. The number of carbonyl (C=O) groups excluding carboxylic acids is 1. The molecule has 0 saturated carbocycles. The van der Waals surface area contributed by atoms with E-state index in [1.54, 1.807) is 0 Å². The maximum atomic E-state index is 11.4. The zero-order valence-electron chi connectivity index (χ0n) is 9.54. The molecule has 1 rings (SSSR count). The minimum Gasteiger partial charge on any atom is -0.444 e. The summed E-state index contributed by atoms with van der Waals surface area (Å²) < 4.78 is 5.13. The first kappa shape index (κ1) is 12.3. The van der Waals surface area contributed by atoms with Crippen molar-refractivity contribution in [2.45, 2.75) is 44.9 Å². The van der Waals surface area contributed by atoms with Crippen molar-refractivity contribution in [3.05, 3.63) is 0 Å². The fourth-order valence-electron chi connectivity index (χ4n) is 1.54. The van der Waals surface area contributed by atoms with Gasteiger partial charge in [-0.15, -0.1) is 0 Å². The van der Waals surface area contributed by atoms with E-state index in [0.29, 0.717) is 6.54 Å². The van der Waals surface area contributed by atoms with E-state index in [4.69, 9.17) is 9.84 Å². The number of alkyl carbamates (subject to hydrolysis) is 1. The van der Waals surface area contributed by atoms with Crippen molar-refractivity contribution in [3.8, 4) is 0 Å². The number of rotatable bonds is 2. The summed E-state index contributed by atoms with van der Waals surface area (Å²) in [4.78, 5) is 11.4. The highest BCUT2D eigenvalue weighted by atomic mass is 16.6. The molecule has 5 heteroatoms. The second-order valence-electron chi connectivity index (χ2n) is 4.87. The van der Waals surface area contributed by atoms with Gasteiger partial charge in [-0.25, -0.2) is 4.79 Å². The van der Waals surface area contributed by atoms with Crippen molar-refractivity contribution in [3.63, 3.8) is 0 Å². The van der Waals surface area contributed by atoms with Crippen LogP contribution in [0.15, 0.2) is 0 Å². The van der Waals surface area contributed by atoms with E-state index in [1.165, 1.54) is 0 Å². The lowest BCUT2D eigenvalue weighted by Crippen LogP contribution is -2.40. The van der Waals surface area contributed by atoms with Crippen LogP contribution in [0.4, 0.5) is 4.79 Å². The molecule has 2 unspecified atom stereocenters. The first-order valence-corrected chi connectivity index (χ1v) is 5.24. The number of ether oxygens (including phenoxy) is 1. The molecule has 0 aromatic carbocycles. The van der Waals surface area contributed by atoms with E-state index < -0.39 is 11.7 Å². The van der Waals surface area contributed by atoms with Gasteiger partial charge in [0.05, 0.1) is 6.61 Å². The highest BCUT2D eigenvalue weighted by Gasteiger charge is 2.26. The fraction of sp³-hybridized carbons (Fsp3) is 0.900. The molecule has 1 heterocycles. The lowest BCUT2D eigenvalue weighted by molar-refractivity contribution is 0.0507. The number of hydrogen-bond acceptors (Lipinski definition) is 4. The Morgan fingerprint density at radius 2 is 2.27 bits per heavy atom. The number of hydrogen-bond donors (Lipinski definition) is 3. The molecule has 1 saturated heterocycles. The van der Waals surface area contributed by atoms with Gasteiger partial charge in [0.25, 0.3) is 0 Å². The average Bonchev–Trinajstić information content (AvgIpc) is 2.48. The van der Waals surface area contributed by atoms with Crippen molar-refractivity contribution >= 4 is 6.09 Å². The minimum atomic E-state index is -0.466. The second kappa shape index (κ2) is 4.81. The Morgan fingerprint density at radius 1 is 1.60 bits per heavy atom. The topological polar surface area (TPSA) is 70.6 Å². The fourth-order valence-corrected chi connectivity index (χ4v) is 1.54. The van der Waals surface area contributed by atoms with E-state index in [1.807, 2.05) is 20.8 Å². The predicted molar refractivity (Wildman–Crippen MR) is 56.7 cm³/mol.